The molecule has 0 saturated carbocycles. The summed E-state index contributed by atoms with van der Waals surface area (Å²) in [6.07, 6.45) is -0.672. The van der Waals surface area contributed by atoms with Gasteiger partial charge in [-0.25, -0.2) is 4.39 Å². The van der Waals surface area contributed by atoms with E-state index >= 15 is 0 Å². The molecule has 4 nitrogen and oxygen atoms in total. The second kappa shape index (κ2) is 5.85. The van der Waals surface area contributed by atoms with E-state index in [9.17, 15) is 14.6 Å². The van der Waals surface area contributed by atoms with Gasteiger partial charge in [0, 0.05) is 25.5 Å². The van der Waals surface area contributed by atoms with Crippen LogP contribution in [0.1, 0.15) is 18.4 Å². The number of aliphatic hydroxyl groups is 2. The molecule has 3 unspecified atom stereocenters. The number of ether oxygens (including phenoxy) is 2. The van der Waals surface area contributed by atoms with E-state index in [-0.39, 0.29) is 13.0 Å². The van der Waals surface area contributed by atoms with E-state index in [2.05, 4.69) is 15.9 Å². The lowest BCUT2D eigenvalue weighted by Gasteiger charge is -2.42. The summed E-state index contributed by atoms with van der Waals surface area (Å²) < 4.78 is 25.1. The number of methoxy groups -OCH3 is 1. The molecule has 1 aromatic carbocycles. The highest BCUT2D eigenvalue weighted by atomic mass is 79.9. The molecule has 106 valence electrons. The Balaban J connectivity index is 2.37. The summed E-state index contributed by atoms with van der Waals surface area (Å²) in [4.78, 5) is 0. The molecular formula is C13H16BrFO4. The largest absolute Gasteiger partial charge is 0.394 e. The standard InChI is InChI=1S/C13H16BrFO4/c1-18-13(6-9(17)5-10(7-16)19-13)8-2-3-11(14)12(15)4-8/h2-4,9-10,16-17H,5-7H2,1H3. The number of aliphatic hydroxyl groups excluding tert-OH is 2. The Hall–Kier alpha value is -0.530. The van der Waals surface area contributed by atoms with Crippen LogP contribution in [0.15, 0.2) is 22.7 Å². The predicted molar refractivity (Wildman–Crippen MR) is 70.0 cm³/mol. The number of benzene rings is 1. The molecule has 1 heterocycles. The summed E-state index contributed by atoms with van der Waals surface area (Å²) in [6.45, 7) is -0.221. The van der Waals surface area contributed by atoms with Crippen molar-refractivity contribution in [3.05, 3.63) is 34.1 Å². The summed E-state index contributed by atoms with van der Waals surface area (Å²) in [6, 6.07) is 4.53. The fourth-order valence-corrected chi connectivity index (χ4v) is 2.59. The SMILES string of the molecule is COC1(c2ccc(Br)c(F)c2)CC(O)CC(CO)O1. The van der Waals surface area contributed by atoms with Crippen LogP contribution >= 0.6 is 15.9 Å². The number of hydrogen-bond acceptors (Lipinski definition) is 4. The number of hydrogen-bond donors (Lipinski definition) is 2. The zero-order valence-corrected chi connectivity index (χ0v) is 12.1. The van der Waals surface area contributed by atoms with Gasteiger partial charge in [-0.05, 0) is 28.1 Å². The number of rotatable bonds is 3. The van der Waals surface area contributed by atoms with E-state index in [0.717, 1.165) is 0 Å². The van der Waals surface area contributed by atoms with E-state index in [1.54, 1.807) is 12.1 Å². The van der Waals surface area contributed by atoms with E-state index in [1.807, 2.05) is 0 Å². The van der Waals surface area contributed by atoms with Gasteiger partial charge in [0.1, 0.15) is 5.82 Å². The summed E-state index contributed by atoms with van der Waals surface area (Å²) in [7, 11) is 1.44. The second-order valence-corrected chi connectivity index (χ2v) is 5.46. The first-order valence-electron chi connectivity index (χ1n) is 5.98. The monoisotopic (exact) mass is 334 g/mol. The molecule has 2 N–H and O–H groups in total. The maximum atomic E-state index is 13.6. The van der Waals surface area contributed by atoms with E-state index in [0.29, 0.717) is 16.5 Å². The average Bonchev–Trinajstić information content (AvgIpc) is 2.40. The molecule has 1 aromatic rings. The topological polar surface area (TPSA) is 58.9 Å². The Morgan fingerprint density at radius 3 is 2.89 bits per heavy atom. The molecule has 1 aliphatic rings. The van der Waals surface area contributed by atoms with Crippen molar-refractivity contribution in [2.45, 2.75) is 30.8 Å². The number of halogens is 2. The predicted octanol–water partition coefficient (Wildman–Crippen LogP) is 1.92. The lowest BCUT2D eigenvalue weighted by atomic mass is 9.92. The third-order valence-electron chi connectivity index (χ3n) is 3.29. The van der Waals surface area contributed by atoms with Gasteiger partial charge in [0.2, 0.25) is 0 Å². The maximum absolute atomic E-state index is 13.6. The normalized spacial score (nSPS) is 31.4. The van der Waals surface area contributed by atoms with Gasteiger partial charge in [0.25, 0.3) is 0 Å². The lowest BCUT2D eigenvalue weighted by molar-refractivity contribution is -0.299. The third-order valence-corrected chi connectivity index (χ3v) is 3.93. The van der Waals surface area contributed by atoms with Crippen LogP contribution in [0.2, 0.25) is 0 Å². The molecule has 0 amide bonds. The molecule has 3 atom stereocenters. The van der Waals surface area contributed by atoms with Crippen molar-refractivity contribution in [3.8, 4) is 0 Å². The minimum atomic E-state index is -1.23. The fraction of sp³-hybridized carbons (Fsp3) is 0.538. The van der Waals surface area contributed by atoms with Crippen LogP contribution in [0.25, 0.3) is 0 Å². The van der Waals surface area contributed by atoms with Crippen LogP contribution in [0.4, 0.5) is 4.39 Å². The van der Waals surface area contributed by atoms with Gasteiger partial charge in [-0.15, -0.1) is 0 Å². The molecular weight excluding hydrogens is 319 g/mol. The van der Waals surface area contributed by atoms with Gasteiger partial charge < -0.3 is 19.7 Å². The second-order valence-electron chi connectivity index (χ2n) is 4.60. The first kappa shape index (κ1) is 14.9. The molecule has 0 aromatic heterocycles. The van der Waals surface area contributed by atoms with Gasteiger partial charge in [-0.1, -0.05) is 6.07 Å². The quantitative estimate of drug-likeness (QED) is 0.886. The Bertz CT molecular complexity index is 456. The summed E-state index contributed by atoms with van der Waals surface area (Å²) in [5.74, 6) is -1.66. The van der Waals surface area contributed by atoms with Gasteiger partial charge in [-0.2, -0.15) is 0 Å². The van der Waals surface area contributed by atoms with Crippen molar-refractivity contribution in [2.24, 2.45) is 0 Å². The van der Waals surface area contributed by atoms with Crippen molar-refractivity contribution in [2.75, 3.05) is 13.7 Å². The van der Waals surface area contributed by atoms with Crippen molar-refractivity contribution in [1.29, 1.82) is 0 Å². The van der Waals surface area contributed by atoms with Crippen molar-refractivity contribution in [3.63, 3.8) is 0 Å². The molecule has 0 bridgehead atoms. The fourth-order valence-electron chi connectivity index (χ4n) is 2.34. The Kier molecular flexibility index (Phi) is 4.58. The molecule has 6 heteroatoms. The van der Waals surface area contributed by atoms with E-state index in [1.165, 1.54) is 13.2 Å². The minimum Gasteiger partial charge on any atom is -0.394 e. The minimum absolute atomic E-state index is 0.196. The van der Waals surface area contributed by atoms with Gasteiger partial charge in [-0.3, -0.25) is 0 Å². The van der Waals surface area contributed by atoms with Crippen LogP contribution in [0.3, 0.4) is 0 Å². The lowest BCUT2D eigenvalue weighted by Crippen LogP contribution is -2.46. The first-order valence-corrected chi connectivity index (χ1v) is 6.77. The Labute approximate surface area is 119 Å². The van der Waals surface area contributed by atoms with E-state index in [4.69, 9.17) is 9.47 Å². The highest BCUT2D eigenvalue weighted by Gasteiger charge is 2.43. The Morgan fingerprint density at radius 1 is 1.58 bits per heavy atom. The summed E-state index contributed by atoms with van der Waals surface area (Å²) in [5, 5.41) is 19.1. The van der Waals surface area contributed by atoms with Crippen LogP contribution in [0.5, 0.6) is 0 Å². The van der Waals surface area contributed by atoms with Gasteiger partial charge in [0.15, 0.2) is 5.79 Å². The summed E-state index contributed by atoms with van der Waals surface area (Å²) >= 11 is 3.08. The van der Waals surface area contributed by atoms with Crippen LogP contribution in [-0.2, 0) is 15.3 Å². The van der Waals surface area contributed by atoms with Crippen LogP contribution in [0, 0.1) is 5.82 Å². The smallest absolute Gasteiger partial charge is 0.197 e. The molecule has 2 rings (SSSR count). The molecule has 19 heavy (non-hydrogen) atoms. The van der Waals surface area contributed by atoms with Gasteiger partial charge >= 0.3 is 0 Å². The maximum Gasteiger partial charge on any atom is 0.197 e. The zero-order valence-electron chi connectivity index (χ0n) is 10.5. The molecule has 0 aliphatic carbocycles. The third kappa shape index (κ3) is 2.98. The molecule has 1 fully saturated rings. The van der Waals surface area contributed by atoms with Crippen molar-refractivity contribution >= 4 is 15.9 Å². The van der Waals surface area contributed by atoms with Crippen molar-refractivity contribution < 1.29 is 24.1 Å². The highest BCUT2D eigenvalue weighted by molar-refractivity contribution is 9.10. The van der Waals surface area contributed by atoms with E-state index < -0.39 is 23.8 Å². The zero-order chi connectivity index (χ0) is 14.0. The van der Waals surface area contributed by atoms with Crippen LogP contribution in [-0.4, -0.2) is 36.1 Å². The molecule has 0 radical (unpaired) electrons. The van der Waals surface area contributed by atoms with Crippen molar-refractivity contribution in [1.82, 2.24) is 0 Å². The molecule has 1 saturated heterocycles. The molecule has 0 spiro atoms. The Morgan fingerprint density at radius 2 is 2.32 bits per heavy atom. The average molecular weight is 335 g/mol. The molecule has 1 aliphatic heterocycles. The summed E-state index contributed by atoms with van der Waals surface area (Å²) in [5.41, 5.74) is 0.480. The first-order chi connectivity index (χ1) is 9.00. The van der Waals surface area contributed by atoms with Gasteiger partial charge in [0.05, 0.1) is 23.3 Å². The van der Waals surface area contributed by atoms with Crippen LogP contribution < -0.4 is 0 Å². The highest BCUT2D eigenvalue weighted by Crippen LogP contribution is 2.39.